The summed E-state index contributed by atoms with van der Waals surface area (Å²) in [7, 11) is 0. The highest BCUT2D eigenvalue weighted by molar-refractivity contribution is 5.17. The van der Waals surface area contributed by atoms with Gasteiger partial charge >= 0.3 is 0 Å². The van der Waals surface area contributed by atoms with Gasteiger partial charge in [0.1, 0.15) is 0 Å². The van der Waals surface area contributed by atoms with Gasteiger partial charge in [0, 0.05) is 12.5 Å². The Labute approximate surface area is 105 Å². The van der Waals surface area contributed by atoms with Gasteiger partial charge in [-0.3, -0.25) is 5.32 Å². The molecule has 1 heteroatoms. The summed E-state index contributed by atoms with van der Waals surface area (Å²) >= 11 is 0. The first kappa shape index (κ1) is 12.2. The topological polar surface area (TPSA) is 12.0 Å². The lowest BCUT2D eigenvalue weighted by Crippen LogP contribution is -2.32. The molecule has 1 unspecified atom stereocenters. The predicted molar refractivity (Wildman–Crippen MR) is 72.4 cm³/mol. The highest BCUT2D eigenvalue weighted by atomic mass is 14.9. The van der Waals surface area contributed by atoms with Gasteiger partial charge in [-0.25, -0.2) is 0 Å². The Balaban J connectivity index is 1.87. The zero-order chi connectivity index (χ0) is 12.1. The average Bonchev–Trinajstić information content (AvgIpc) is 3.14. The quantitative estimate of drug-likeness (QED) is 0.779. The van der Waals surface area contributed by atoms with Crippen molar-refractivity contribution in [3.05, 3.63) is 35.9 Å². The van der Waals surface area contributed by atoms with Gasteiger partial charge in [0.25, 0.3) is 0 Å². The molecule has 0 aromatic heterocycles. The maximum Gasteiger partial charge on any atom is 0.0715 e. The van der Waals surface area contributed by atoms with Crippen LogP contribution in [0.15, 0.2) is 30.3 Å². The molecule has 2 rings (SSSR count). The van der Waals surface area contributed by atoms with Gasteiger partial charge in [-0.2, -0.15) is 0 Å². The van der Waals surface area contributed by atoms with Crippen LogP contribution in [0.5, 0.6) is 0 Å². The molecule has 0 heterocycles. The van der Waals surface area contributed by atoms with E-state index in [1.54, 1.807) is 0 Å². The zero-order valence-corrected chi connectivity index (χ0v) is 10.7. The Kier molecular flexibility index (Phi) is 4.23. The summed E-state index contributed by atoms with van der Waals surface area (Å²) in [6.45, 7) is 5.36. The van der Waals surface area contributed by atoms with Crippen molar-refractivity contribution >= 4 is 0 Å². The van der Waals surface area contributed by atoms with Gasteiger partial charge in [-0.15, -0.1) is 0 Å². The van der Waals surface area contributed by atoms with Crippen LogP contribution in [-0.2, 0) is 6.54 Å². The van der Waals surface area contributed by atoms with E-state index in [0.29, 0.717) is 17.9 Å². The minimum atomic E-state index is 0.316. The van der Waals surface area contributed by atoms with Gasteiger partial charge in [0.15, 0.2) is 0 Å². The third-order valence-corrected chi connectivity index (χ3v) is 3.06. The predicted octanol–water partition coefficient (Wildman–Crippen LogP) is 3.21. The monoisotopic (exact) mass is 227 g/mol. The number of rotatable bonds is 4. The first-order valence-corrected chi connectivity index (χ1v) is 6.54. The molecule has 0 spiro atoms. The van der Waals surface area contributed by atoms with Gasteiger partial charge in [0.05, 0.1) is 6.04 Å². The van der Waals surface area contributed by atoms with E-state index in [1.165, 1.54) is 18.4 Å². The van der Waals surface area contributed by atoms with Crippen LogP contribution in [-0.4, -0.2) is 6.04 Å². The largest absolute Gasteiger partial charge is 0.299 e. The van der Waals surface area contributed by atoms with Crippen LogP contribution in [0.1, 0.15) is 32.3 Å². The van der Waals surface area contributed by atoms with Crippen LogP contribution in [0, 0.1) is 23.7 Å². The third kappa shape index (κ3) is 4.24. The number of benzene rings is 1. The molecule has 1 aliphatic carbocycles. The molecule has 0 bridgehead atoms. The SMILES string of the molecule is CC(C)C(C#CC1CC1)NCc1ccccc1. The Morgan fingerprint density at radius 1 is 1.24 bits per heavy atom. The van der Waals surface area contributed by atoms with Crippen molar-refractivity contribution in [2.45, 2.75) is 39.3 Å². The molecule has 1 saturated carbocycles. The first-order chi connectivity index (χ1) is 8.25. The van der Waals surface area contributed by atoms with E-state index in [4.69, 9.17) is 0 Å². The Bertz CT molecular complexity index is 393. The lowest BCUT2D eigenvalue weighted by Gasteiger charge is -2.16. The van der Waals surface area contributed by atoms with Crippen molar-refractivity contribution in [1.82, 2.24) is 5.32 Å². The molecule has 1 aromatic carbocycles. The third-order valence-electron chi connectivity index (χ3n) is 3.06. The van der Waals surface area contributed by atoms with Crippen molar-refractivity contribution < 1.29 is 0 Å². The first-order valence-electron chi connectivity index (χ1n) is 6.54. The van der Waals surface area contributed by atoms with Crippen LogP contribution in [0.3, 0.4) is 0 Å². The Hall–Kier alpha value is -1.26. The molecular weight excluding hydrogens is 206 g/mol. The van der Waals surface area contributed by atoms with Crippen molar-refractivity contribution in [3.63, 3.8) is 0 Å². The molecule has 1 nitrogen and oxygen atoms in total. The maximum atomic E-state index is 3.54. The van der Waals surface area contributed by atoms with Crippen LogP contribution >= 0.6 is 0 Å². The summed E-state index contributed by atoms with van der Waals surface area (Å²) in [5, 5.41) is 3.54. The van der Waals surface area contributed by atoms with Crippen LogP contribution in [0.2, 0.25) is 0 Å². The van der Waals surface area contributed by atoms with Crippen LogP contribution < -0.4 is 5.32 Å². The standard InChI is InChI=1S/C16H21N/c1-13(2)16(11-10-14-8-9-14)17-12-15-6-4-3-5-7-15/h3-7,13-14,16-17H,8-9,12H2,1-2H3. The Morgan fingerprint density at radius 3 is 2.53 bits per heavy atom. The lowest BCUT2D eigenvalue weighted by molar-refractivity contribution is 0.475. The summed E-state index contributed by atoms with van der Waals surface area (Å²) in [6, 6.07) is 10.8. The van der Waals surface area contributed by atoms with E-state index in [2.05, 4.69) is 61.3 Å². The summed E-state index contributed by atoms with van der Waals surface area (Å²) in [6.07, 6.45) is 2.60. The van der Waals surface area contributed by atoms with Crippen LogP contribution in [0.4, 0.5) is 0 Å². The second-order valence-electron chi connectivity index (χ2n) is 5.15. The molecule has 1 aromatic rings. The van der Waals surface area contributed by atoms with E-state index in [-0.39, 0.29) is 0 Å². The smallest absolute Gasteiger partial charge is 0.0715 e. The summed E-state index contributed by atoms with van der Waals surface area (Å²) < 4.78 is 0. The fourth-order valence-electron chi connectivity index (χ4n) is 1.71. The van der Waals surface area contributed by atoms with Crippen molar-refractivity contribution in [2.24, 2.45) is 11.8 Å². The Morgan fingerprint density at radius 2 is 1.94 bits per heavy atom. The van der Waals surface area contributed by atoms with Gasteiger partial charge in [-0.05, 0) is 24.3 Å². The number of hydrogen-bond donors (Lipinski definition) is 1. The number of nitrogens with one attached hydrogen (secondary N) is 1. The maximum absolute atomic E-state index is 3.54. The van der Waals surface area contributed by atoms with Crippen molar-refractivity contribution in [3.8, 4) is 11.8 Å². The van der Waals surface area contributed by atoms with E-state index in [0.717, 1.165) is 6.54 Å². The van der Waals surface area contributed by atoms with Gasteiger partial charge in [0.2, 0.25) is 0 Å². The van der Waals surface area contributed by atoms with E-state index < -0.39 is 0 Å². The fraction of sp³-hybridized carbons (Fsp3) is 0.500. The van der Waals surface area contributed by atoms with Crippen molar-refractivity contribution in [2.75, 3.05) is 0 Å². The van der Waals surface area contributed by atoms with E-state index in [1.807, 2.05) is 0 Å². The molecule has 0 saturated heterocycles. The minimum Gasteiger partial charge on any atom is -0.299 e. The molecule has 0 aliphatic heterocycles. The fourth-order valence-corrected chi connectivity index (χ4v) is 1.71. The molecule has 1 atom stereocenters. The van der Waals surface area contributed by atoms with E-state index >= 15 is 0 Å². The lowest BCUT2D eigenvalue weighted by atomic mass is 10.0. The normalized spacial score (nSPS) is 16.4. The van der Waals surface area contributed by atoms with Crippen LogP contribution in [0.25, 0.3) is 0 Å². The summed E-state index contributed by atoms with van der Waals surface area (Å²) in [5.74, 6) is 8.00. The molecule has 1 fully saturated rings. The molecule has 1 aliphatic rings. The summed E-state index contributed by atoms with van der Waals surface area (Å²) in [5.41, 5.74) is 1.33. The molecule has 0 amide bonds. The second kappa shape index (κ2) is 5.89. The van der Waals surface area contributed by atoms with E-state index in [9.17, 15) is 0 Å². The minimum absolute atomic E-state index is 0.316. The molecule has 90 valence electrons. The highest BCUT2D eigenvalue weighted by Gasteiger charge is 2.18. The van der Waals surface area contributed by atoms with Gasteiger partial charge in [-0.1, -0.05) is 56.0 Å². The second-order valence-corrected chi connectivity index (χ2v) is 5.15. The number of hydrogen-bond acceptors (Lipinski definition) is 1. The molecular formula is C16H21N. The average molecular weight is 227 g/mol. The summed E-state index contributed by atoms with van der Waals surface area (Å²) in [4.78, 5) is 0. The molecule has 1 N–H and O–H groups in total. The van der Waals surface area contributed by atoms with Crippen molar-refractivity contribution in [1.29, 1.82) is 0 Å². The molecule has 0 radical (unpaired) electrons. The molecule has 17 heavy (non-hydrogen) atoms. The highest BCUT2D eigenvalue weighted by Crippen LogP contribution is 2.27. The van der Waals surface area contributed by atoms with Gasteiger partial charge < -0.3 is 0 Å². The zero-order valence-electron chi connectivity index (χ0n) is 10.7.